The second kappa shape index (κ2) is 6.52. The van der Waals surface area contributed by atoms with Crippen LogP contribution in [-0.2, 0) is 4.74 Å². The molecule has 0 spiro atoms. The van der Waals surface area contributed by atoms with Crippen LogP contribution in [0.2, 0.25) is 0 Å². The summed E-state index contributed by atoms with van der Waals surface area (Å²) in [6, 6.07) is 0. The zero-order valence-corrected chi connectivity index (χ0v) is 14.5. The van der Waals surface area contributed by atoms with Crippen LogP contribution in [-0.4, -0.2) is 43.4 Å². The second-order valence-electron chi connectivity index (χ2n) is 6.84. The molecular weight excluding hydrogens is 310 g/mol. The molecule has 1 aliphatic rings. The lowest BCUT2D eigenvalue weighted by molar-refractivity contribution is -0.0210. The van der Waals surface area contributed by atoms with Gasteiger partial charge in [-0.25, -0.2) is 4.98 Å². The minimum atomic E-state index is -0.544. The van der Waals surface area contributed by atoms with Crippen LogP contribution in [0.15, 0.2) is 11.1 Å². The van der Waals surface area contributed by atoms with Gasteiger partial charge in [0.15, 0.2) is 11.2 Å². The number of anilines is 1. The highest BCUT2D eigenvalue weighted by atomic mass is 16.5. The number of H-pyrrole nitrogens is 1. The molecule has 0 saturated carbocycles. The molecule has 1 saturated heterocycles. The number of imidazole rings is 1. The Morgan fingerprint density at radius 1 is 1.50 bits per heavy atom. The lowest BCUT2D eigenvalue weighted by Crippen LogP contribution is -2.24. The summed E-state index contributed by atoms with van der Waals surface area (Å²) in [4.78, 5) is 23.6. The van der Waals surface area contributed by atoms with Crippen molar-refractivity contribution >= 4 is 17.1 Å². The predicted molar refractivity (Wildman–Crippen MR) is 90.8 cm³/mol. The normalized spacial score (nSPS) is 27.2. The number of hydrogen-bond donors (Lipinski definition) is 3. The van der Waals surface area contributed by atoms with Gasteiger partial charge in [-0.2, -0.15) is 4.98 Å². The van der Waals surface area contributed by atoms with Crippen molar-refractivity contribution in [2.45, 2.75) is 52.6 Å². The first-order valence-electron chi connectivity index (χ1n) is 8.46. The topological polar surface area (TPSA) is 105 Å². The number of aromatic nitrogens is 4. The van der Waals surface area contributed by atoms with Gasteiger partial charge in [0.2, 0.25) is 5.95 Å². The Kier molecular flexibility index (Phi) is 4.60. The Labute approximate surface area is 140 Å². The fourth-order valence-electron chi connectivity index (χ4n) is 3.04. The number of fused-ring (bicyclic) bond motifs is 1. The SMILES string of the molecule is CC[C@H]1O[C@@H](n2cnc3c(=O)[nH]c(NCC(C)C)nc32)C(C)[C@H]1O. The molecule has 8 nitrogen and oxygen atoms in total. The van der Waals surface area contributed by atoms with E-state index in [9.17, 15) is 9.90 Å². The molecule has 0 aliphatic carbocycles. The van der Waals surface area contributed by atoms with Gasteiger partial charge in [-0.15, -0.1) is 0 Å². The van der Waals surface area contributed by atoms with E-state index in [4.69, 9.17) is 4.74 Å². The third kappa shape index (κ3) is 2.91. The summed E-state index contributed by atoms with van der Waals surface area (Å²) in [6.07, 6.45) is 1.14. The molecule has 0 bridgehead atoms. The summed E-state index contributed by atoms with van der Waals surface area (Å²) in [5.74, 6) is 0.733. The Bertz CT molecular complexity index is 769. The number of rotatable bonds is 5. The van der Waals surface area contributed by atoms with E-state index in [0.717, 1.165) is 6.42 Å². The van der Waals surface area contributed by atoms with Gasteiger partial charge >= 0.3 is 0 Å². The van der Waals surface area contributed by atoms with E-state index in [0.29, 0.717) is 24.1 Å². The smallest absolute Gasteiger partial charge is 0.280 e. The first-order valence-corrected chi connectivity index (χ1v) is 8.46. The lowest BCUT2D eigenvalue weighted by Gasteiger charge is -2.17. The average Bonchev–Trinajstić information content (AvgIpc) is 3.08. The number of ether oxygens (including phenoxy) is 1. The van der Waals surface area contributed by atoms with Gasteiger partial charge in [0.25, 0.3) is 5.56 Å². The minimum absolute atomic E-state index is 0.111. The van der Waals surface area contributed by atoms with Crippen LogP contribution in [0.4, 0.5) is 5.95 Å². The molecular formula is C16H25N5O3. The van der Waals surface area contributed by atoms with E-state index >= 15 is 0 Å². The zero-order valence-electron chi connectivity index (χ0n) is 14.5. The van der Waals surface area contributed by atoms with Crippen LogP contribution in [0, 0.1) is 11.8 Å². The maximum absolute atomic E-state index is 12.2. The summed E-state index contributed by atoms with van der Waals surface area (Å²) >= 11 is 0. The molecule has 3 rings (SSSR count). The molecule has 2 aromatic rings. The summed E-state index contributed by atoms with van der Waals surface area (Å²) in [7, 11) is 0. The standard InChI is InChI=1S/C16H25N5O3/c1-5-10-12(22)9(4)15(24-10)21-7-18-11-13(21)19-16(20-14(11)23)17-6-8(2)3/h7-10,12,15,22H,5-6H2,1-4H3,(H2,17,19,20,23)/t9?,10-,12-,15-/m1/s1. The summed E-state index contributed by atoms with van der Waals surface area (Å²) in [5, 5.41) is 13.4. The summed E-state index contributed by atoms with van der Waals surface area (Å²) < 4.78 is 7.71. The summed E-state index contributed by atoms with van der Waals surface area (Å²) in [6.45, 7) is 8.77. The van der Waals surface area contributed by atoms with Crippen molar-refractivity contribution in [1.82, 2.24) is 19.5 Å². The third-order valence-corrected chi connectivity index (χ3v) is 4.47. The maximum Gasteiger partial charge on any atom is 0.280 e. The number of hydrogen-bond acceptors (Lipinski definition) is 6. The van der Waals surface area contributed by atoms with Gasteiger partial charge < -0.3 is 15.2 Å². The highest BCUT2D eigenvalue weighted by Gasteiger charge is 2.41. The van der Waals surface area contributed by atoms with Crippen LogP contribution in [0.25, 0.3) is 11.2 Å². The molecule has 132 valence electrons. The monoisotopic (exact) mass is 335 g/mol. The van der Waals surface area contributed by atoms with Crippen LogP contribution >= 0.6 is 0 Å². The van der Waals surface area contributed by atoms with Gasteiger partial charge in [-0.05, 0) is 12.3 Å². The van der Waals surface area contributed by atoms with Gasteiger partial charge in [-0.3, -0.25) is 14.3 Å². The van der Waals surface area contributed by atoms with Crippen LogP contribution in [0.1, 0.15) is 40.3 Å². The van der Waals surface area contributed by atoms with Gasteiger partial charge in [0.1, 0.15) is 6.23 Å². The molecule has 3 N–H and O–H groups in total. The fourth-order valence-corrected chi connectivity index (χ4v) is 3.04. The number of aliphatic hydroxyl groups excluding tert-OH is 1. The first kappa shape index (κ1) is 16.9. The Morgan fingerprint density at radius 3 is 2.88 bits per heavy atom. The Morgan fingerprint density at radius 2 is 2.25 bits per heavy atom. The number of nitrogens with zero attached hydrogens (tertiary/aromatic N) is 3. The number of aliphatic hydroxyl groups is 1. The minimum Gasteiger partial charge on any atom is -0.390 e. The molecule has 1 unspecified atom stereocenters. The van der Waals surface area contributed by atoms with Gasteiger partial charge in [0, 0.05) is 12.5 Å². The van der Waals surface area contributed by atoms with Crippen molar-refractivity contribution in [3.8, 4) is 0 Å². The lowest BCUT2D eigenvalue weighted by atomic mass is 10.0. The van der Waals surface area contributed by atoms with Crippen molar-refractivity contribution < 1.29 is 9.84 Å². The molecule has 0 aromatic carbocycles. The molecule has 4 atom stereocenters. The van der Waals surface area contributed by atoms with E-state index in [2.05, 4.69) is 34.1 Å². The molecule has 1 fully saturated rings. The van der Waals surface area contributed by atoms with Crippen LogP contribution < -0.4 is 10.9 Å². The van der Waals surface area contributed by atoms with Crippen molar-refractivity contribution in [1.29, 1.82) is 0 Å². The van der Waals surface area contributed by atoms with Crippen molar-refractivity contribution in [2.24, 2.45) is 11.8 Å². The average molecular weight is 335 g/mol. The van der Waals surface area contributed by atoms with E-state index < -0.39 is 6.10 Å². The fraction of sp³-hybridized carbons (Fsp3) is 0.688. The molecule has 8 heteroatoms. The van der Waals surface area contributed by atoms with Crippen molar-refractivity contribution in [2.75, 3.05) is 11.9 Å². The van der Waals surface area contributed by atoms with E-state index in [1.165, 1.54) is 0 Å². The molecule has 3 heterocycles. The zero-order chi connectivity index (χ0) is 17.4. The number of aromatic amines is 1. The molecule has 24 heavy (non-hydrogen) atoms. The highest BCUT2D eigenvalue weighted by Crippen LogP contribution is 2.36. The molecule has 0 amide bonds. The van der Waals surface area contributed by atoms with Gasteiger partial charge in [0.05, 0.1) is 18.5 Å². The Balaban J connectivity index is 1.98. The second-order valence-corrected chi connectivity index (χ2v) is 6.84. The van der Waals surface area contributed by atoms with Crippen molar-refractivity contribution in [3.05, 3.63) is 16.7 Å². The highest BCUT2D eigenvalue weighted by molar-refractivity contribution is 5.70. The van der Waals surface area contributed by atoms with Crippen LogP contribution in [0.3, 0.4) is 0 Å². The van der Waals surface area contributed by atoms with E-state index in [1.807, 2.05) is 13.8 Å². The van der Waals surface area contributed by atoms with E-state index in [1.54, 1.807) is 10.9 Å². The third-order valence-electron chi connectivity index (χ3n) is 4.47. The number of nitrogens with one attached hydrogen (secondary N) is 2. The maximum atomic E-state index is 12.2. The largest absolute Gasteiger partial charge is 0.390 e. The van der Waals surface area contributed by atoms with Gasteiger partial charge in [-0.1, -0.05) is 27.7 Å². The quantitative estimate of drug-likeness (QED) is 0.764. The Hall–Kier alpha value is -1.93. The predicted octanol–water partition coefficient (Wildman–Crippen LogP) is 1.49. The van der Waals surface area contributed by atoms with E-state index in [-0.39, 0.29) is 29.3 Å². The van der Waals surface area contributed by atoms with Crippen molar-refractivity contribution in [3.63, 3.8) is 0 Å². The van der Waals surface area contributed by atoms with Crippen LogP contribution in [0.5, 0.6) is 0 Å². The summed E-state index contributed by atoms with van der Waals surface area (Å²) in [5.41, 5.74) is 0.449. The first-order chi connectivity index (χ1) is 11.4. The molecule has 2 aromatic heterocycles. The molecule has 0 radical (unpaired) electrons. The molecule has 1 aliphatic heterocycles.